The number of amides is 1. The van der Waals surface area contributed by atoms with Crippen LogP contribution in [0.1, 0.15) is 28.6 Å². The van der Waals surface area contributed by atoms with Crippen molar-refractivity contribution in [1.82, 2.24) is 9.99 Å². The maximum Gasteiger partial charge on any atom is 0.379 e. The highest BCUT2D eigenvalue weighted by atomic mass is 32.2. The summed E-state index contributed by atoms with van der Waals surface area (Å²) in [4.78, 5) is 33.1. The monoisotopic (exact) mass is 487 g/mol. The Balaban J connectivity index is 1.42. The van der Waals surface area contributed by atoms with E-state index in [0.717, 1.165) is 5.56 Å². The molecule has 1 aromatic carbocycles. The van der Waals surface area contributed by atoms with Gasteiger partial charge in [-0.25, -0.2) is 4.79 Å². The molecule has 0 fully saturated rings. The molecule has 1 amide bonds. The van der Waals surface area contributed by atoms with Crippen LogP contribution in [0.3, 0.4) is 0 Å². The summed E-state index contributed by atoms with van der Waals surface area (Å²) in [6.45, 7) is 2.12. The SMILES string of the molecule is CCOc1cc(C=C2C(=N)N3N=C(c4ccncc4)SC3=NC2=O)ccc1OC(=O)c1ccco1. The highest BCUT2D eigenvalue weighted by molar-refractivity contribution is 8.27. The summed E-state index contributed by atoms with van der Waals surface area (Å²) in [5, 5.41) is 15.3. The molecule has 11 heteroatoms. The number of benzene rings is 1. The number of fused-ring (bicyclic) bond motifs is 1. The summed E-state index contributed by atoms with van der Waals surface area (Å²) in [7, 11) is 0. The molecular formula is C24H17N5O5S. The van der Waals surface area contributed by atoms with Crippen molar-refractivity contribution in [2.75, 3.05) is 6.61 Å². The predicted octanol–water partition coefficient (Wildman–Crippen LogP) is 3.96. The Labute approximate surface area is 203 Å². The van der Waals surface area contributed by atoms with Crippen LogP contribution in [0.5, 0.6) is 11.5 Å². The summed E-state index contributed by atoms with van der Waals surface area (Å²) >= 11 is 1.21. The lowest BCUT2D eigenvalue weighted by Crippen LogP contribution is -2.35. The van der Waals surface area contributed by atoms with Crippen molar-refractivity contribution < 1.29 is 23.5 Å². The van der Waals surface area contributed by atoms with Gasteiger partial charge in [-0.05, 0) is 66.7 Å². The fourth-order valence-corrected chi connectivity index (χ4v) is 4.18. The van der Waals surface area contributed by atoms with E-state index in [1.54, 1.807) is 55.7 Å². The lowest BCUT2D eigenvalue weighted by molar-refractivity contribution is -0.114. The third-order valence-electron chi connectivity index (χ3n) is 4.89. The van der Waals surface area contributed by atoms with Gasteiger partial charge in [0.15, 0.2) is 17.3 Å². The van der Waals surface area contributed by atoms with Gasteiger partial charge in [-0.3, -0.25) is 15.2 Å². The van der Waals surface area contributed by atoms with Crippen molar-refractivity contribution >= 4 is 45.8 Å². The number of hydrogen-bond donors (Lipinski definition) is 1. The number of hydrogen-bond acceptors (Lipinski definition) is 9. The molecule has 0 aliphatic carbocycles. The van der Waals surface area contributed by atoms with Gasteiger partial charge in [-0.1, -0.05) is 6.07 Å². The topological polar surface area (TPSA) is 130 Å². The van der Waals surface area contributed by atoms with E-state index >= 15 is 0 Å². The molecule has 0 atom stereocenters. The zero-order chi connectivity index (χ0) is 24.4. The standard InChI is InChI=1S/C24H17N5O5S/c1-2-32-19-13-14(5-6-17(19)34-23(31)18-4-3-11-33-18)12-16-20(25)29-24(27-21(16)30)35-22(28-29)15-7-9-26-10-8-15/h3-13,25H,2H2,1H3. The second-order valence-electron chi connectivity index (χ2n) is 7.17. The number of aromatic nitrogens is 1. The third-order valence-corrected chi connectivity index (χ3v) is 5.84. The Hall–Kier alpha value is -4.51. The lowest BCUT2D eigenvalue weighted by Gasteiger charge is -2.20. The highest BCUT2D eigenvalue weighted by Crippen LogP contribution is 2.33. The number of carbonyl (C=O) groups is 2. The summed E-state index contributed by atoms with van der Waals surface area (Å²) in [6, 6.07) is 11.5. The van der Waals surface area contributed by atoms with Crippen LogP contribution in [0.2, 0.25) is 0 Å². The zero-order valence-corrected chi connectivity index (χ0v) is 19.1. The molecule has 0 spiro atoms. The van der Waals surface area contributed by atoms with E-state index in [2.05, 4.69) is 15.1 Å². The first-order valence-electron chi connectivity index (χ1n) is 10.5. The Bertz CT molecular complexity index is 1410. The number of furan rings is 1. The van der Waals surface area contributed by atoms with Crippen LogP contribution in [0, 0.1) is 5.41 Å². The van der Waals surface area contributed by atoms with Gasteiger partial charge in [0.2, 0.25) is 10.9 Å². The first kappa shape index (κ1) is 22.3. The summed E-state index contributed by atoms with van der Waals surface area (Å²) in [6.07, 6.45) is 6.19. The molecule has 2 aromatic heterocycles. The smallest absolute Gasteiger partial charge is 0.379 e. The molecule has 10 nitrogen and oxygen atoms in total. The number of hydrazone groups is 1. The van der Waals surface area contributed by atoms with Crippen LogP contribution in [0.4, 0.5) is 0 Å². The van der Waals surface area contributed by atoms with Gasteiger partial charge in [0.25, 0.3) is 5.91 Å². The number of nitrogens with one attached hydrogen (secondary N) is 1. The molecule has 35 heavy (non-hydrogen) atoms. The maximum absolute atomic E-state index is 12.7. The molecule has 0 bridgehead atoms. The van der Waals surface area contributed by atoms with Gasteiger partial charge < -0.3 is 13.9 Å². The molecule has 0 unspecified atom stereocenters. The fraction of sp³-hybridized carbons (Fsp3) is 0.0833. The maximum atomic E-state index is 12.7. The number of thioether (sulfide) groups is 1. The van der Waals surface area contributed by atoms with Gasteiger partial charge >= 0.3 is 5.97 Å². The summed E-state index contributed by atoms with van der Waals surface area (Å²) in [5.74, 6) is -0.751. The number of rotatable bonds is 6. The van der Waals surface area contributed by atoms with Crippen molar-refractivity contribution in [1.29, 1.82) is 5.41 Å². The van der Waals surface area contributed by atoms with E-state index in [9.17, 15) is 9.59 Å². The minimum absolute atomic E-state index is 0.0590. The molecule has 0 saturated heterocycles. The molecule has 2 aliphatic rings. The second-order valence-corrected chi connectivity index (χ2v) is 8.12. The van der Waals surface area contributed by atoms with E-state index in [1.807, 2.05) is 0 Å². The van der Waals surface area contributed by atoms with Gasteiger partial charge in [0.05, 0.1) is 18.4 Å². The number of aliphatic imine (C=N–C) groups is 1. The number of amidine groups is 2. The molecule has 174 valence electrons. The van der Waals surface area contributed by atoms with Gasteiger partial charge in [-0.2, -0.15) is 15.1 Å². The van der Waals surface area contributed by atoms with Crippen LogP contribution in [0.25, 0.3) is 6.08 Å². The second kappa shape index (κ2) is 9.39. The normalized spacial score (nSPS) is 16.1. The van der Waals surface area contributed by atoms with E-state index in [1.165, 1.54) is 35.2 Å². The average Bonchev–Trinajstić information content (AvgIpc) is 3.55. The zero-order valence-electron chi connectivity index (χ0n) is 18.3. The molecule has 4 heterocycles. The Kier molecular flexibility index (Phi) is 5.98. The quantitative estimate of drug-likeness (QED) is 0.314. The van der Waals surface area contributed by atoms with Gasteiger partial charge in [0.1, 0.15) is 5.04 Å². The van der Waals surface area contributed by atoms with Crippen molar-refractivity contribution in [3.8, 4) is 11.5 Å². The number of nitrogens with zero attached hydrogens (tertiary/aromatic N) is 4. The predicted molar refractivity (Wildman–Crippen MR) is 130 cm³/mol. The van der Waals surface area contributed by atoms with Crippen molar-refractivity contribution in [2.45, 2.75) is 6.92 Å². The molecule has 5 rings (SSSR count). The van der Waals surface area contributed by atoms with Gasteiger partial charge in [0, 0.05) is 18.0 Å². The minimum atomic E-state index is -0.664. The number of ether oxygens (including phenoxy) is 2. The largest absolute Gasteiger partial charge is 0.490 e. The van der Waals surface area contributed by atoms with Crippen LogP contribution in [-0.2, 0) is 4.79 Å². The van der Waals surface area contributed by atoms with Crippen molar-refractivity contribution in [3.05, 3.63) is 83.6 Å². The molecular weight excluding hydrogens is 470 g/mol. The Morgan fingerprint density at radius 1 is 1.20 bits per heavy atom. The minimum Gasteiger partial charge on any atom is -0.490 e. The fourth-order valence-electron chi connectivity index (χ4n) is 3.28. The molecule has 1 N–H and O–H groups in total. The number of esters is 1. The molecule has 3 aromatic rings. The molecule has 0 saturated carbocycles. The van der Waals surface area contributed by atoms with Crippen LogP contribution >= 0.6 is 11.8 Å². The average molecular weight is 487 g/mol. The van der Waals surface area contributed by atoms with E-state index in [0.29, 0.717) is 28.1 Å². The van der Waals surface area contributed by atoms with Crippen molar-refractivity contribution in [3.63, 3.8) is 0 Å². The number of pyridine rings is 1. The van der Waals surface area contributed by atoms with Crippen LogP contribution < -0.4 is 9.47 Å². The van der Waals surface area contributed by atoms with Crippen LogP contribution in [-0.4, -0.2) is 44.5 Å². The summed E-state index contributed by atoms with van der Waals surface area (Å²) < 4.78 is 16.1. The number of carbonyl (C=O) groups excluding carboxylic acids is 2. The first-order chi connectivity index (χ1) is 17.0. The van der Waals surface area contributed by atoms with E-state index in [4.69, 9.17) is 19.3 Å². The third kappa shape index (κ3) is 4.49. The first-order valence-corrected chi connectivity index (χ1v) is 11.3. The molecule has 2 aliphatic heterocycles. The van der Waals surface area contributed by atoms with Crippen LogP contribution in [0.15, 0.2) is 81.2 Å². The van der Waals surface area contributed by atoms with E-state index < -0.39 is 11.9 Å². The van der Waals surface area contributed by atoms with Gasteiger partial charge in [-0.15, -0.1) is 0 Å². The Morgan fingerprint density at radius 2 is 2.03 bits per heavy atom. The molecule has 0 radical (unpaired) electrons. The lowest BCUT2D eigenvalue weighted by atomic mass is 10.1. The highest BCUT2D eigenvalue weighted by Gasteiger charge is 2.36. The van der Waals surface area contributed by atoms with E-state index in [-0.39, 0.29) is 22.9 Å². The summed E-state index contributed by atoms with van der Waals surface area (Å²) in [5.41, 5.74) is 1.44. The van der Waals surface area contributed by atoms with Crippen molar-refractivity contribution in [2.24, 2.45) is 10.1 Å². The Morgan fingerprint density at radius 3 is 2.77 bits per heavy atom.